The van der Waals surface area contributed by atoms with Crippen LogP contribution in [0.3, 0.4) is 0 Å². The fraction of sp³-hybridized carbons (Fsp3) is 0.0500. The highest BCUT2D eigenvalue weighted by Crippen LogP contribution is 2.35. The maximum atomic E-state index is 12.5. The van der Waals surface area contributed by atoms with Gasteiger partial charge in [0.25, 0.3) is 11.5 Å². The highest BCUT2D eigenvalue weighted by atomic mass is 16.1. The zero-order chi connectivity index (χ0) is 17.7. The number of H-pyrrole nitrogens is 1. The quantitative estimate of drug-likeness (QED) is 0.518. The van der Waals surface area contributed by atoms with Crippen LogP contribution in [-0.2, 0) is 6.42 Å². The van der Waals surface area contributed by atoms with Crippen molar-refractivity contribution < 1.29 is 4.79 Å². The van der Waals surface area contributed by atoms with Crippen molar-refractivity contribution in [3.63, 3.8) is 0 Å². The van der Waals surface area contributed by atoms with Crippen LogP contribution >= 0.6 is 0 Å². The largest absolute Gasteiger partial charge is 0.322 e. The van der Waals surface area contributed by atoms with E-state index < -0.39 is 0 Å². The molecule has 0 bridgehead atoms. The first-order valence-corrected chi connectivity index (χ1v) is 8.28. The van der Waals surface area contributed by atoms with Crippen LogP contribution in [0.5, 0.6) is 0 Å². The van der Waals surface area contributed by atoms with Crippen LogP contribution in [0, 0.1) is 0 Å². The Balaban J connectivity index is 1.54. The number of fused-ring (bicyclic) bond motifs is 5. The molecule has 0 aliphatic heterocycles. The van der Waals surface area contributed by atoms with Gasteiger partial charge in [-0.25, -0.2) is 4.98 Å². The molecule has 0 radical (unpaired) electrons. The number of hydrogen-bond acceptors (Lipinski definition) is 3. The number of aromatic nitrogens is 3. The maximum absolute atomic E-state index is 12.5. The first-order valence-electron chi connectivity index (χ1n) is 8.28. The molecule has 5 rings (SSSR count). The number of para-hydroxylation sites is 1. The molecule has 0 saturated carbocycles. The average molecular weight is 342 g/mol. The lowest BCUT2D eigenvalue weighted by Gasteiger charge is -2.07. The lowest BCUT2D eigenvalue weighted by molar-refractivity contribution is 0.102. The Bertz CT molecular complexity index is 1220. The van der Waals surface area contributed by atoms with Crippen LogP contribution in [-0.4, -0.2) is 20.3 Å². The van der Waals surface area contributed by atoms with Gasteiger partial charge in [-0.15, -0.1) is 0 Å². The topological polar surface area (TPSA) is 79.3 Å². The second-order valence-corrected chi connectivity index (χ2v) is 6.27. The molecule has 2 aromatic heterocycles. The normalized spacial score (nSPS) is 12.0. The molecule has 26 heavy (non-hydrogen) atoms. The standard InChI is InChI=1S/C20H14N4O2/c25-19(22-14-4-2-1-3-5-14)12-6-7-15-13(10-12)11-16-17(15)23-20(26)18-21-8-9-24(16)18/h1-10H,11H2,(H,22,25)(H,23,26). The molecule has 2 heterocycles. The summed E-state index contributed by atoms with van der Waals surface area (Å²) >= 11 is 0. The predicted octanol–water partition coefficient (Wildman–Crippen LogP) is 2.85. The van der Waals surface area contributed by atoms with Crippen molar-refractivity contribution in [2.45, 2.75) is 6.42 Å². The number of benzene rings is 2. The van der Waals surface area contributed by atoms with Crippen molar-refractivity contribution in [1.82, 2.24) is 14.4 Å². The Morgan fingerprint density at radius 3 is 2.85 bits per heavy atom. The third kappa shape index (κ3) is 2.16. The van der Waals surface area contributed by atoms with Gasteiger partial charge in [-0.3, -0.25) is 14.0 Å². The Morgan fingerprint density at radius 2 is 2.00 bits per heavy atom. The monoisotopic (exact) mass is 342 g/mol. The summed E-state index contributed by atoms with van der Waals surface area (Å²) in [5.74, 6) is -0.156. The summed E-state index contributed by atoms with van der Waals surface area (Å²) in [5, 5.41) is 2.89. The fourth-order valence-electron chi connectivity index (χ4n) is 3.48. The minimum absolute atomic E-state index is 0.156. The molecule has 1 aliphatic rings. The summed E-state index contributed by atoms with van der Waals surface area (Å²) in [4.78, 5) is 31.7. The Kier molecular flexibility index (Phi) is 3.05. The van der Waals surface area contributed by atoms with Gasteiger partial charge in [0, 0.05) is 35.6 Å². The van der Waals surface area contributed by atoms with Gasteiger partial charge in [0.15, 0.2) is 0 Å². The van der Waals surface area contributed by atoms with E-state index in [1.807, 2.05) is 46.9 Å². The van der Waals surface area contributed by atoms with E-state index in [-0.39, 0.29) is 11.5 Å². The summed E-state index contributed by atoms with van der Waals surface area (Å²) in [6, 6.07) is 14.9. The molecule has 1 amide bonds. The molecule has 126 valence electrons. The number of carbonyl (C=O) groups excluding carboxylic acids is 1. The molecule has 0 unspecified atom stereocenters. The molecule has 2 aromatic carbocycles. The molecule has 0 spiro atoms. The Labute approximate surface area is 148 Å². The Morgan fingerprint density at radius 1 is 1.15 bits per heavy atom. The third-order valence-corrected chi connectivity index (χ3v) is 4.69. The number of aromatic amines is 1. The predicted molar refractivity (Wildman–Crippen MR) is 98.4 cm³/mol. The van der Waals surface area contributed by atoms with Gasteiger partial charge in [0.05, 0.1) is 11.4 Å². The van der Waals surface area contributed by atoms with Crippen molar-refractivity contribution in [3.8, 4) is 11.3 Å². The van der Waals surface area contributed by atoms with Crippen LogP contribution in [0.15, 0.2) is 65.7 Å². The van der Waals surface area contributed by atoms with E-state index >= 15 is 0 Å². The number of carbonyl (C=O) groups is 1. The molecule has 1 aliphatic carbocycles. The molecular weight excluding hydrogens is 328 g/mol. The van der Waals surface area contributed by atoms with Crippen molar-refractivity contribution in [2.24, 2.45) is 0 Å². The zero-order valence-electron chi connectivity index (χ0n) is 13.7. The number of amides is 1. The summed E-state index contributed by atoms with van der Waals surface area (Å²) in [6.45, 7) is 0. The second-order valence-electron chi connectivity index (χ2n) is 6.27. The number of nitrogens with zero attached hydrogens (tertiary/aromatic N) is 2. The minimum Gasteiger partial charge on any atom is -0.322 e. The van der Waals surface area contributed by atoms with Gasteiger partial charge in [0.1, 0.15) is 0 Å². The summed E-state index contributed by atoms with van der Waals surface area (Å²) in [7, 11) is 0. The summed E-state index contributed by atoms with van der Waals surface area (Å²) in [6.07, 6.45) is 4.05. The van der Waals surface area contributed by atoms with Crippen LogP contribution in [0.4, 0.5) is 5.69 Å². The Hall–Kier alpha value is -3.67. The SMILES string of the molecule is O=C(Nc1ccccc1)c1ccc2c(c1)Cc1c-2[nH]c(=O)c2nccn12. The van der Waals surface area contributed by atoms with E-state index in [0.717, 1.165) is 28.2 Å². The molecule has 6 heteroatoms. The number of rotatable bonds is 2. The van der Waals surface area contributed by atoms with Gasteiger partial charge in [-0.05, 0) is 29.8 Å². The number of imidazole rings is 1. The molecule has 0 atom stereocenters. The molecule has 4 aromatic rings. The van der Waals surface area contributed by atoms with Crippen LogP contribution in [0.1, 0.15) is 21.6 Å². The van der Waals surface area contributed by atoms with Crippen molar-refractivity contribution in [1.29, 1.82) is 0 Å². The highest BCUT2D eigenvalue weighted by molar-refractivity contribution is 6.04. The smallest absolute Gasteiger partial charge is 0.292 e. The first kappa shape index (κ1) is 14.7. The zero-order valence-corrected chi connectivity index (χ0v) is 13.7. The van der Waals surface area contributed by atoms with E-state index in [0.29, 0.717) is 17.6 Å². The fourth-order valence-corrected chi connectivity index (χ4v) is 3.48. The summed E-state index contributed by atoms with van der Waals surface area (Å²) in [5.41, 5.74) is 5.25. The van der Waals surface area contributed by atoms with E-state index in [9.17, 15) is 9.59 Å². The van der Waals surface area contributed by atoms with E-state index in [1.165, 1.54) is 0 Å². The van der Waals surface area contributed by atoms with Crippen molar-refractivity contribution >= 4 is 17.2 Å². The first-order chi connectivity index (χ1) is 12.7. The van der Waals surface area contributed by atoms with E-state index in [2.05, 4.69) is 15.3 Å². The van der Waals surface area contributed by atoms with Gasteiger partial charge < -0.3 is 10.3 Å². The van der Waals surface area contributed by atoms with Crippen molar-refractivity contribution in [3.05, 3.63) is 88.1 Å². The van der Waals surface area contributed by atoms with Crippen molar-refractivity contribution in [2.75, 3.05) is 5.32 Å². The average Bonchev–Trinajstić information content (AvgIpc) is 3.27. The molecular formula is C20H14N4O2. The summed E-state index contributed by atoms with van der Waals surface area (Å²) < 4.78 is 1.82. The van der Waals surface area contributed by atoms with Gasteiger partial charge >= 0.3 is 0 Å². The van der Waals surface area contributed by atoms with Gasteiger partial charge in [0.2, 0.25) is 5.65 Å². The van der Waals surface area contributed by atoms with E-state index in [1.54, 1.807) is 18.5 Å². The van der Waals surface area contributed by atoms with Gasteiger partial charge in [-0.2, -0.15) is 0 Å². The molecule has 0 saturated heterocycles. The third-order valence-electron chi connectivity index (χ3n) is 4.69. The second kappa shape index (κ2) is 5.42. The number of hydrogen-bond donors (Lipinski definition) is 2. The van der Waals surface area contributed by atoms with Crippen LogP contribution < -0.4 is 10.9 Å². The lowest BCUT2D eigenvalue weighted by Crippen LogP contribution is -2.13. The minimum atomic E-state index is -0.215. The maximum Gasteiger partial charge on any atom is 0.292 e. The number of anilines is 1. The molecule has 6 nitrogen and oxygen atoms in total. The number of nitrogens with one attached hydrogen (secondary N) is 2. The molecule has 2 N–H and O–H groups in total. The van der Waals surface area contributed by atoms with Crippen LogP contribution in [0.25, 0.3) is 16.9 Å². The van der Waals surface area contributed by atoms with Crippen LogP contribution in [0.2, 0.25) is 0 Å². The van der Waals surface area contributed by atoms with Gasteiger partial charge in [-0.1, -0.05) is 24.3 Å². The highest BCUT2D eigenvalue weighted by Gasteiger charge is 2.24. The lowest BCUT2D eigenvalue weighted by atomic mass is 10.1. The molecule has 0 fully saturated rings. The van der Waals surface area contributed by atoms with E-state index in [4.69, 9.17) is 0 Å².